The molecule has 2 aromatic heterocycles. The summed E-state index contributed by atoms with van der Waals surface area (Å²) in [5.41, 5.74) is 0.780. The van der Waals surface area contributed by atoms with Crippen LogP contribution in [0.25, 0.3) is 11.3 Å². The van der Waals surface area contributed by atoms with Crippen molar-refractivity contribution in [2.24, 2.45) is 0 Å². The van der Waals surface area contributed by atoms with Crippen molar-refractivity contribution >= 4 is 11.9 Å². The van der Waals surface area contributed by atoms with Gasteiger partial charge in [0.15, 0.2) is 0 Å². The maximum atomic E-state index is 12.5. The van der Waals surface area contributed by atoms with E-state index >= 15 is 0 Å². The van der Waals surface area contributed by atoms with Crippen molar-refractivity contribution in [3.63, 3.8) is 0 Å². The summed E-state index contributed by atoms with van der Waals surface area (Å²) >= 11 is 0. The van der Waals surface area contributed by atoms with E-state index in [1.165, 1.54) is 11.0 Å². The molecule has 7 heteroatoms. The largest absolute Gasteiger partial charge is 0.480 e. The van der Waals surface area contributed by atoms with Gasteiger partial charge in [-0.2, -0.15) is 0 Å². The highest BCUT2D eigenvalue weighted by Gasteiger charge is 2.35. The van der Waals surface area contributed by atoms with Crippen LogP contribution < -0.4 is 5.56 Å². The van der Waals surface area contributed by atoms with E-state index in [0.29, 0.717) is 25.1 Å². The van der Waals surface area contributed by atoms with Crippen LogP contribution in [0.3, 0.4) is 0 Å². The number of hydrogen-bond donors (Lipinski definition) is 2. The Morgan fingerprint density at radius 3 is 2.61 bits per heavy atom. The number of pyridine rings is 2. The third-order valence-electron chi connectivity index (χ3n) is 3.93. The summed E-state index contributed by atoms with van der Waals surface area (Å²) in [7, 11) is 0. The lowest BCUT2D eigenvalue weighted by molar-refractivity contribution is -0.141. The minimum Gasteiger partial charge on any atom is -0.480 e. The fourth-order valence-electron chi connectivity index (χ4n) is 2.76. The molecule has 2 N–H and O–H groups in total. The Bertz CT molecular complexity index is 800. The van der Waals surface area contributed by atoms with E-state index in [9.17, 15) is 14.4 Å². The first-order chi connectivity index (χ1) is 11.1. The van der Waals surface area contributed by atoms with E-state index in [4.69, 9.17) is 5.11 Å². The summed E-state index contributed by atoms with van der Waals surface area (Å²) in [4.78, 5) is 43.7. The fraction of sp³-hybridized carbons (Fsp3) is 0.250. The summed E-state index contributed by atoms with van der Waals surface area (Å²) in [6.45, 7) is 0.349. The summed E-state index contributed by atoms with van der Waals surface area (Å²) < 4.78 is 0. The molecule has 0 unspecified atom stereocenters. The second kappa shape index (κ2) is 6.04. The average Bonchev–Trinajstić information content (AvgIpc) is 3.05. The summed E-state index contributed by atoms with van der Waals surface area (Å²) in [6.07, 6.45) is 4.24. The Hall–Kier alpha value is -2.96. The van der Waals surface area contributed by atoms with Crippen LogP contribution in [-0.2, 0) is 4.79 Å². The molecule has 1 aliphatic heterocycles. The van der Waals surface area contributed by atoms with Crippen molar-refractivity contribution in [2.45, 2.75) is 18.9 Å². The number of aromatic amines is 1. The zero-order valence-electron chi connectivity index (χ0n) is 12.2. The number of carboxylic acids is 1. The fourth-order valence-corrected chi connectivity index (χ4v) is 2.76. The second-order valence-electron chi connectivity index (χ2n) is 5.35. The van der Waals surface area contributed by atoms with Gasteiger partial charge in [-0.3, -0.25) is 14.6 Å². The predicted octanol–water partition coefficient (Wildman–Crippen LogP) is 1.13. The molecule has 0 bridgehead atoms. The molecule has 0 spiro atoms. The van der Waals surface area contributed by atoms with Gasteiger partial charge in [-0.05, 0) is 37.1 Å². The second-order valence-corrected chi connectivity index (χ2v) is 5.35. The van der Waals surface area contributed by atoms with Gasteiger partial charge < -0.3 is 15.0 Å². The smallest absolute Gasteiger partial charge is 0.326 e. The maximum absolute atomic E-state index is 12.5. The molecule has 0 saturated carbocycles. The van der Waals surface area contributed by atoms with Crippen molar-refractivity contribution in [1.82, 2.24) is 14.9 Å². The van der Waals surface area contributed by atoms with Crippen molar-refractivity contribution in [3.05, 3.63) is 52.6 Å². The Morgan fingerprint density at radius 1 is 1.22 bits per heavy atom. The number of carbonyl (C=O) groups is 2. The van der Waals surface area contributed by atoms with Crippen LogP contribution in [0.1, 0.15) is 23.2 Å². The zero-order chi connectivity index (χ0) is 16.4. The minimum absolute atomic E-state index is 0.0454. The molecule has 118 valence electrons. The molecule has 1 fully saturated rings. The third kappa shape index (κ3) is 2.85. The van der Waals surface area contributed by atoms with E-state index in [-0.39, 0.29) is 5.56 Å². The van der Waals surface area contributed by atoms with Gasteiger partial charge in [-0.15, -0.1) is 0 Å². The molecule has 3 heterocycles. The number of amides is 1. The first kappa shape index (κ1) is 15.0. The van der Waals surface area contributed by atoms with Crippen molar-refractivity contribution < 1.29 is 14.7 Å². The Labute approximate surface area is 131 Å². The highest BCUT2D eigenvalue weighted by Crippen LogP contribution is 2.20. The van der Waals surface area contributed by atoms with Crippen LogP contribution >= 0.6 is 0 Å². The number of likely N-dealkylation sites (tertiary alicyclic amines) is 1. The molecule has 1 aliphatic rings. The molecular formula is C16H15N3O4. The van der Waals surface area contributed by atoms with E-state index in [2.05, 4.69) is 9.97 Å². The predicted molar refractivity (Wildman–Crippen MR) is 82.0 cm³/mol. The lowest BCUT2D eigenvalue weighted by atomic mass is 10.1. The van der Waals surface area contributed by atoms with E-state index < -0.39 is 23.5 Å². The number of H-pyrrole nitrogens is 1. The normalized spacial score (nSPS) is 17.2. The molecule has 0 radical (unpaired) electrons. The molecule has 1 saturated heterocycles. The topological polar surface area (TPSA) is 103 Å². The monoisotopic (exact) mass is 313 g/mol. The van der Waals surface area contributed by atoms with Gasteiger partial charge in [-0.25, -0.2) is 4.79 Å². The highest BCUT2D eigenvalue weighted by atomic mass is 16.4. The Morgan fingerprint density at radius 2 is 1.96 bits per heavy atom. The Kier molecular flexibility index (Phi) is 3.92. The number of carboxylic acid groups (broad SMARTS) is 1. The Balaban J connectivity index is 1.91. The van der Waals surface area contributed by atoms with Crippen LogP contribution in [0.15, 0.2) is 41.5 Å². The standard InChI is InChI=1S/C16H15N3O4/c20-14-11(15(21)19-9-1-2-13(19)16(22)23)3-4-12(18-14)10-5-7-17-8-6-10/h3-8,13H,1-2,9H2,(H,18,20)(H,22,23)/t13-/m0/s1. The summed E-state index contributed by atoms with van der Waals surface area (Å²) in [5.74, 6) is -1.59. The van der Waals surface area contributed by atoms with Gasteiger partial charge >= 0.3 is 5.97 Å². The van der Waals surface area contributed by atoms with Crippen molar-refractivity contribution in [3.8, 4) is 11.3 Å². The third-order valence-corrected chi connectivity index (χ3v) is 3.93. The van der Waals surface area contributed by atoms with Crippen molar-refractivity contribution in [1.29, 1.82) is 0 Å². The molecule has 0 aliphatic carbocycles. The van der Waals surface area contributed by atoms with Crippen LogP contribution in [0.2, 0.25) is 0 Å². The molecule has 1 atom stereocenters. The first-order valence-electron chi connectivity index (χ1n) is 7.25. The number of nitrogens with zero attached hydrogens (tertiary/aromatic N) is 2. The molecule has 2 aromatic rings. The molecule has 23 heavy (non-hydrogen) atoms. The molecule has 1 amide bonds. The SMILES string of the molecule is O=C(O)[C@@H]1CCCN1C(=O)c1ccc(-c2ccncc2)[nH]c1=O. The van der Waals surface area contributed by atoms with E-state index in [1.54, 1.807) is 30.6 Å². The maximum Gasteiger partial charge on any atom is 0.326 e. The highest BCUT2D eigenvalue weighted by molar-refractivity contribution is 5.96. The number of hydrogen-bond acceptors (Lipinski definition) is 4. The van der Waals surface area contributed by atoms with Crippen LogP contribution in [0.4, 0.5) is 0 Å². The van der Waals surface area contributed by atoms with Crippen LogP contribution in [0, 0.1) is 0 Å². The number of carbonyl (C=O) groups excluding carboxylic acids is 1. The first-order valence-corrected chi connectivity index (χ1v) is 7.25. The van der Waals surface area contributed by atoms with Crippen LogP contribution in [-0.4, -0.2) is 44.4 Å². The molecular weight excluding hydrogens is 298 g/mol. The van der Waals surface area contributed by atoms with Gasteiger partial charge in [0.1, 0.15) is 11.6 Å². The van der Waals surface area contributed by atoms with Gasteiger partial charge in [0.05, 0.1) is 0 Å². The van der Waals surface area contributed by atoms with Gasteiger partial charge in [0, 0.05) is 30.2 Å². The van der Waals surface area contributed by atoms with Crippen molar-refractivity contribution in [2.75, 3.05) is 6.54 Å². The molecule has 3 rings (SSSR count). The van der Waals surface area contributed by atoms with E-state index in [0.717, 1.165) is 5.56 Å². The zero-order valence-corrected chi connectivity index (χ0v) is 12.2. The number of rotatable bonds is 3. The minimum atomic E-state index is -1.04. The van der Waals surface area contributed by atoms with Gasteiger partial charge in [-0.1, -0.05) is 0 Å². The van der Waals surface area contributed by atoms with E-state index in [1.807, 2.05) is 0 Å². The quantitative estimate of drug-likeness (QED) is 0.884. The lowest BCUT2D eigenvalue weighted by Gasteiger charge is -2.21. The van der Waals surface area contributed by atoms with Gasteiger partial charge in [0.2, 0.25) is 0 Å². The lowest BCUT2D eigenvalue weighted by Crippen LogP contribution is -2.42. The van der Waals surface area contributed by atoms with Crippen LogP contribution in [0.5, 0.6) is 0 Å². The molecule has 7 nitrogen and oxygen atoms in total. The summed E-state index contributed by atoms with van der Waals surface area (Å²) in [5, 5.41) is 9.16. The molecule has 0 aromatic carbocycles. The summed E-state index contributed by atoms with van der Waals surface area (Å²) in [6, 6.07) is 5.70. The number of aromatic nitrogens is 2. The number of nitrogens with one attached hydrogen (secondary N) is 1. The van der Waals surface area contributed by atoms with Gasteiger partial charge in [0.25, 0.3) is 11.5 Å². The average molecular weight is 313 g/mol. The number of aliphatic carboxylic acids is 1.